The Morgan fingerprint density at radius 1 is 1.17 bits per heavy atom. The Morgan fingerprint density at radius 3 is 2.61 bits per heavy atom. The summed E-state index contributed by atoms with van der Waals surface area (Å²) in [6, 6.07) is 9.58. The minimum Gasteiger partial charge on any atom is -0.434 e. The van der Waals surface area contributed by atoms with Crippen molar-refractivity contribution in [3.8, 4) is 16.9 Å². The number of benzene rings is 2. The third kappa shape index (κ3) is 3.56. The Morgan fingerprint density at radius 2 is 1.92 bits per heavy atom. The lowest BCUT2D eigenvalue weighted by atomic mass is 10.0. The third-order valence-corrected chi connectivity index (χ3v) is 8.45. The number of fused-ring (bicyclic) bond motifs is 9. The molecule has 2 aliphatic heterocycles. The summed E-state index contributed by atoms with van der Waals surface area (Å²) in [6.07, 6.45) is 5.28. The van der Waals surface area contributed by atoms with Crippen LogP contribution in [0.25, 0.3) is 22.2 Å². The molecule has 0 amide bonds. The smallest absolute Gasteiger partial charge is 0.387 e. The minimum absolute atomic E-state index is 0.000568. The molecule has 0 radical (unpaired) electrons. The zero-order chi connectivity index (χ0) is 25.4. The van der Waals surface area contributed by atoms with E-state index < -0.39 is 34.0 Å². The van der Waals surface area contributed by atoms with Crippen LogP contribution < -0.4 is 4.74 Å². The maximum Gasteiger partial charge on any atom is 0.387 e. The third-order valence-electron chi connectivity index (χ3n) is 6.62. The molecule has 0 unspecified atom stereocenters. The van der Waals surface area contributed by atoms with Crippen molar-refractivity contribution in [3.63, 3.8) is 0 Å². The van der Waals surface area contributed by atoms with Gasteiger partial charge in [-0.3, -0.25) is 0 Å². The monoisotopic (exact) mass is 511 g/mol. The Bertz CT molecular complexity index is 1640. The standard InChI is InChI=1S/C25H23F2N5O3S/c1-25(2,33)23-28-11-14(12-29-23)13-7-8-15-17(9-13)32-18-10-16(22(32)30-15)31-36(3,34)20-6-4-5-19(21(18)20)35-24(26)27/h4-9,11-12,16,18,24,33H,10H2,1-3H3/t16-,18-,36+/m1/s1. The van der Waals surface area contributed by atoms with E-state index in [1.807, 2.05) is 22.8 Å². The summed E-state index contributed by atoms with van der Waals surface area (Å²) in [4.78, 5) is 13.8. The van der Waals surface area contributed by atoms with Crippen molar-refractivity contribution in [1.29, 1.82) is 0 Å². The van der Waals surface area contributed by atoms with Crippen LogP contribution in [0.15, 0.2) is 58.1 Å². The van der Waals surface area contributed by atoms with E-state index in [2.05, 4.69) is 14.3 Å². The second-order valence-electron chi connectivity index (χ2n) is 9.62. The van der Waals surface area contributed by atoms with E-state index in [1.165, 1.54) is 12.3 Å². The van der Waals surface area contributed by atoms with Gasteiger partial charge >= 0.3 is 6.61 Å². The highest BCUT2D eigenvalue weighted by atomic mass is 32.2. The van der Waals surface area contributed by atoms with E-state index in [0.717, 1.165) is 16.6 Å². The Hall–Kier alpha value is -3.44. The van der Waals surface area contributed by atoms with Gasteiger partial charge in [0, 0.05) is 36.2 Å². The van der Waals surface area contributed by atoms with Gasteiger partial charge in [0.2, 0.25) is 0 Å². The van der Waals surface area contributed by atoms with Crippen molar-refractivity contribution in [2.75, 3.05) is 6.26 Å². The molecule has 0 saturated heterocycles. The van der Waals surface area contributed by atoms with Crippen LogP contribution in [-0.2, 0) is 15.3 Å². The number of imidazole rings is 1. The number of alkyl halides is 2. The molecule has 2 bridgehead atoms. The fourth-order valence-electron chi connectivity index (χ4n) is 5.09. The van der Waals surface area contributed by atoms with Crippen molar-refractivity contribution >= 4 is 20.8 Å². The lowest BCUT2D eigenvalue weighted by molar-refractivity contribution is -0.0508. The zero-order valence-corrected chi connectivity index (χ0v) is 20.5. The highest BCUT2D eigenvalue weighted by molar-refractivity contribution is 7.93. The van der Waals surface area contributed by atoms with E-state index in [4.69, 9.17) is 9.72 Å². The van der Waals surface area contributed by atoms with E-state index in [9.17, 15) is 18.1 Å². The molecule has 8 nitrogen and oxygen atoms in total. The lowest BCUT2D eigenvalue weighted by Crippen LogP contribution is -2.19. The van der Waals surface area contributed by atoms with Gasteiger partial charge in [-0.1, -0.05) is 12.1 Å². The second-order valence-corrected chi connectivity index (χ2v) is 11.9. The zero-order valence-electron chi connectivity index (χ0n) is 19.7. The van der Waals surface area contributed by atoms with Gasteiger partial charge in [0.05, 0.1) is 31.7 Å². The lowest BCUT2D eigenvalue weighted by Gasteiger charge is -2.22. The van der Waals surface area contributed by atoms with Gasteiger partial charge in [-0.2, -0.15) is 8.78 Å². The average molecular weight is 512 g/mol. The summed E-state index contributed by atoms with van der Waals surface area (Å²) in [5.74, 6) is 0.961. The number of rotatable bonds is 4. The number of ether oxygens (including phenoxy) is 1. The van der Waals surface area contributed by atoms with Crippen LogP contribution in [0.3, 0.4) is 0 Å². The Labute approximate surface area is 206 Å². The summed E-state index contributed by atoms with van der Waals surface area (Å²) >= 11 is 0. The largest absolute Gasteiger partial charge is 0.434 e. The number of halogens is 2. The molecule has 6 rings (SSSR count). The maximum absolute atomic E-state index is 13.6. The molecule has 4 aromatic rings. The van der Waals surface area contributed by atoms with Gasteiger partial charge in [-0.15, -0.1) is 0 Å². The molecule has 11 heteroatoms. The quantitative estimate of drug-likeness (QED) is 0.421. The molecule has 2 aromatic carbocycles. The van der Waals surface area contributed by atoms with Crippen LogP contribution in [0.5, 0.6) is 5.75 Å². The SMILES string of the molecule is CC(C)(O)c1ncc(-c2ccc3nc4n(c3c2)[C@@H]2C[C@H]4N=[S@@](C)(=O)c3cccc(OC(F)F)c32)cn1. The topological polar surface area (TPSA) is 102 Å². The molecule has 186 valence electrons. The van der Waals surface area contributed by atoms with E-state index in [-0.39, 0.29) is 5.75 Å². The molecule has 3 atom stereocenters. The van der Waals surface area contributed by atoms with Crippen molar-refractivity contribution in [3.05, 3.63) is 66.0 Å². The molecule has 0 saturated carbocycles. The first kappa shape index (κ1) is 23.0. The Balaban J connectivity index is 1.54. The van der Waals surface area contributed by atoms with Crippen LogP contribution in [0.4, 0.5) is 8.78 Å². The predicted molar refractivity (Wildman–Crippen MR) is 129 cm³/mol. The molecular formula is C25H23F2N5O3S. The first-order valence-corrected chi connectivity index (χ1v) is 13.3. The second kappa shape index (κ2) is 7.78. The van der Waals surface area contributed by atoms with E-state index in [1.54, 1.807) is 38.4 Å². The molecule has 2 aromatic heterocycles. The minimum atomic E-state index is -3.01. The van der Waals surface area contributed by atoms with Crippen LogP contribution >= 0.6 is 0 Å². The molecule has 36 heavy (non-hydrogen) atoms. The average Bonchev–Trinajstić information content (AvgIpc) is 3.31. The van der Waals surface area contributed by atoms with E-state index in [0.29, 0.717) is 34.0 Å². The fourth-order valence-corrected chi connectivity index (χ4v) is 6.84. The summed E-state index contributed by atoms with van der Waals surface area (Å²) in [5.41, 5.74) is 2.39. The summed E-state index contributed by atoms with van der Waals surface area (Å²) in [6.45, 7) is 0.223. The number of hydrogen-bond donors (Lipinski definition) is 1. The van der Waals surface area contributed by atoms with Crippen molar-refractivity contribution < 1.29 is 22.8 Å². The first-order chi connectivity index (χ1) is 17.0. The summed E-state index contributed by atoms with van der Waals surface area (Å²) in [5, 5.41) is 10.2. The molecule has 0 aliphatic carbocycles. The van der Waals surface area contributed by atoms with Crippen LogP contribution in [0, 0.1) is 0 Å². The van der Waals surface area contributed by atoms with Gasteiger partial charge in [-0.05, 0) is 43.7 Å². The van der Waals surface area contributed by atoms with Gasteiger partial charge in [0.15, 0.2) is 5.82 Å². The maximum atomic E-state index is 13.6. The fraction of sp³-hybridized carbons (Fsp3) is 0.320. The molecular weight excluding hydrogens is 488 g/mol. The first-order valence-electron chi connectivity index (χ1n) is 11.4. The van der Waals surface area contributed by atoms with E-state index >= 15 is 0 Å². The molecule has 2 aliphatic rings. The van der Waals surface area contributed by atoms with Crippen molar-refractivity contribution in [2.45, 2.75) is 49.5 Å². The number of aliphatic hydroxyl groups is 1. The Kier molecular flexibility index (Phi) is 4.97. The molecule has 1 N–H and O–H groups in total. The summed E-state index contributed by atoms with van der Waals surface area (Å²) in [7, 11) is -2.86. The molecule has 0 fully saturated rings. The highest BCUT2D eigenvalue weighted by Crippen LogP contribution is 2.50. The van der Waals surface area contributed by atoms with Crippen LogP contribution in [-0.4, -0.2) is 41.7 Å². The summed E-state index contributed by atoms with van der Waals surface area (Å²) < 4.78 is 51.7. The highest BCUT2D eigenvalue weighted by Gasteiger charge is 2.42. The molecule has 4 heterocycles. The number of hydrogen-bond acceptors (Lipinski definition) is 7. The van der Waals surface area contributed by atoms with Gasteiger partial charge < -0.3 is 14.4 Å². The van der Waals surface area contributed by atoms with Crippen molar-refractivity contribution in [2.24, 2.45) is 4.36 Å². The van der Waals surface area contributed by atoms with Gasteiger partial charge in [-0.25, -0.2) is 23.5 Å². The van der Waals surface area contributed by atoms with Crippen molar-refractivity contribution in [1.82, 2.24) is 19.5 Å². The number of aromatic nitrogens is 4. The van der Waals surface area contributed by atoms with Crippen LogP contribution in [0.2, 0.25) is 0 Å². The molecule has 0 spiro atoms. The van der Waals surface area contributed by atoms with Crippen LogP contribution in [0.1, 0.15) is 49.6 Å². The predicted octanol–water partition coefficient (Wildman–Crippen LogP) is 4.83. The van der Waals surface area contributed by atoms with Gasteiger partial charge in [0.1, 0.15) is 23.2 Å². The van der Waals surface area contributed by atoms with Gasteiger partial charge in [0.25, 0.3) is 0 Å². The normalized spacial score (nSPS) is 22.8. The number of nitrogens with zero attached hydrogens (tertiary/aromatic N) is 5.